The number of aromatic carboxylic acids is 1. The maximum Gasteiger partial charge on any atom is 0.410 e. The molecule has 0 unspecified atom stereocenters. The fourth-order valence-electron chi connectivity index (χ4n) is 2.84. The highest BCUT2D eigenvalue weighted by molar-refractivity contribution is 5.84. The van der Waals surface area contributed by atoms with Crippen LogP contribution in [0.5, 0.6) is 0 Å². The Balaban J connectivity index is 2.05. The number of hydrogen-bond donors (Lipinski definition) is 1. The van der Waals surface area contributed by atoms with Crippen LogP contribution in [0.3, 0.4) is 0 Å². The third-order valence-corrected chi connectivity index (χ3v) is 3.83. The van der Waals surface area contributed by atoms with Gasteiger partial charge in [0, 0.05) is 31.3 Å². The van der Waals surface area contributed by atoms with Gasteiger partial charge < -0.3 is 15.2 Å². The van der Waals surface area contributed by atoms with Crippen LogP contribution in [0.2, 0.25) is 0 Å². The van der Waals surface area contributed by atoms with E-state index in [0.29, 0.717) is 15.9 Å². The largest absolute Gasteiger partial charge is 0.543 e. The first-order valence-corrected chi connectivity index (χ1v) is 6.81. The number of alkyl halides is 3. The Kier molecular flexibility index (Phi) is 3.34. The lowest BCUT2D eigenvalue weighted by Crippen LogP contribution is -2.36. The van der Waals surface area contributed by atoms with Gasteiger partial charge >= 0.3 is 6.18 Å². The van der Waals surface area contributed by atoms with Gasteiger partial charge in [0.25, 0.3) is 0 Å². The first-order valence-electron chi connectivity index (χ1n) is 6.81. The van der Waals surface area contributed by atoms with Crippen LogP contribution in [0.1, 0.15) is 40.3 Å². The van der Waals surface area contributed by atoms with Crippen molar-refractivity contribution in [1.82, 2.24) is 19.6 Å². The van der Waals surface area contributed by atoms with Crippen LogP contribution in [-0.4, -0.2) is 31.7 Å². The molecule has 0 bridgehead atoms. The fourth-order valence-corrected chi connectivity index (χ4v) is 2.84. The van der Waals surface area contributed by atoms with Gasteiger partial charge in [-0.3, -0.25) is 4.68 Å². The molecule has 1 aliphatic heterocycles. The monoisotopic (exact) mass is 328 g/mol. The summed E-state index contributed by atoms with van der Waals surface area (Å²) >= 11 is 0. The number of nitrogens with one attached hydrogen (secondary N) is 1. The highest BCUT2D eigenvalue weighted by Crippen LogP contribution is 2.43. The van der Waals surface area contributed by atoms with E-state index < -0.39 is 29.9 Å². The molecule has 0 amide bonds. The SMILES string of the molecule is Cc1nn(C)cc1[C@H]1C[C@H](C(F)(F)F)n2nc(C(=O)[O-])cc2N1. The summed E-state index contributed by atoms with van der Waals surface area (Å²) in [5.41, 5.74) is 0.702. The normalized spacial score (nSPS) is 20.9. The van der Waals surface area contributed by atoms with Gasteiger partial charge in [-0.15, -0.1) is 0 Å². The van der Waals surface area contributed by atoms with Crippen LogP contribution >= 0.6 is 0 Å². The Morgan fingerprint density at radius 2 is 2.13 bits per heavy atom. The zero-order chi connectivity index (χ0) is 16.9. The molecule has 7 nitrogen and oxygen atoms in total. The molecule has 2 aromatic rings. The molecule has 0 aliphatic carbocycles. The number of hydrogen-bond acceptors (Lipinski definition) is 5. The van der Waals surface area contributed by atoms with Crippen LogP contribution < -0.4 is 10.4 Å². The Morgan fingerprint density at radius 3 is 2.65 bits per heavy atom. The fraction of sp³-hybridized carbons (Fsp3) is 0.462. The lowest BCUT2D eigenvalue weighted by Gasteiger charge is -2.33. The van der Waals surface area contributed by atoms with E-state index >= 15 is 0 Å². The molecular formula is C13H13F3N5O2-. The molecular weight excluding hydrogens is 315 g/mol. The van der Waals surface area contributed by atoms with Crippen molar-refractivity contribution in [1.29, 1.82) is 0 Å². The number of rotatable bonds is 2. The number of carboxylic acids is 1. The topological polar surface area (TPSA) is 87.8 Å². The van der Waals surface area contributed by atoms with Crippen molar-refractivity contribution in [2.24, 2.45) is 7.05 Å². The predicted molar refractivity (Wildman–Crippen MR) is 70.6 cm³/mol. The summed E-state index contributed by atoms with van der Waals surface area (Å²) in [6.45, 7) is 1.71. The van der Waals surface area contributed by atoms with E-state index in [1.54, 1.807) is 20.2 Å². The minimum atomic E-state index is -4.56. The molecule has 2 atom stereocenters. The molecule has 3 heterocycles. The Morgan fingerprint density at radius 1 is 1.43 bits per heavy atom. The van der Waals surface area contributed by atoms with E-state index in [-0.39, 0.29) is 12.2 Å². The third-order valence-electron chi connectivity index (χ3n) is 3.83. The number of carboxylic acid groups (broad SMARTS) is 1. The number of anilines is 1. The molecule has 3 rings (SSSR count). The van der Waals surface area contributed by atoms with Gasteiger partial charge in [0.05, 0.1) is 17.7 Å². The molecule has 0 saturated carbocycles. The molecule has 23 heavy (non-hydrogen) atoms. The average Bonchev–Trinajstić information content (AvgIpc) is 2.99. The standard InChI is InChI=1S/C13H14F3N5O2/c1-6-7(5-20(2)18-6)8-3-10(13(14,15)16)21-11(17-8)4-9(19-21)12(22)23/h4-5,8,10,17H,3H2,1-2H3,(H,22,23)/p-1/t8-,10-/m1/s1. The van der Waals surface area contributed by atoms with Crippen molar-refractivity contribution in [3.63, 3.8) is 0 Å². The van der Waals surface area contributed by atoms with Crippen molar-refractivity contribution in [2.45, 2.75) is 31.6 Å². The average molecular weight is 328 g/mol. The first-order chi connectivity index (χ1) is 10.7. The zero-order valence-corrected chi connectivity index (χ0v) is 12.3. The molecule has 1 N–H and O–H groups in total. The Labute approximate surface area is 128 Å². The molecule has 0 spiro atoms. The zero-order valence-electron chi connectivity index (χ0n) is 12.3. The molecule has 10 heteroatoms. The molecule has 0 aromatic carbocycles. The van der Waals surface area contributed by atoms with E-state index in [4.69, 9.17) is 0 Å². The van der Waals surface area contributed by atoms with Gasteiger partial charge in [-0.05, 0) is 6.92 Å². The van der Waals surface area contributed by atoms with Crippen molar-refractivity contribution < 1.29 is 23.1 Å². The highest BCUT2D eigenvalue weighted by Gasteiger charge is 2.47. The predicted octanol–water partition coefficient (Wildman–Crippen LogP) is 0.949. The number of aromatic nitrogens is 4. The van der Waals surface area contributed by atoms with Crippen molar-refractivity contribution in [3.8, 4) is 0 Å². The van der Waals surface area contributed by atoms with Gasteiger partial charge in [0.2, 0.25) is 0 Å². The van der Waals surface area contributed by atoms with Gasteiger partial charge in [-0.25, -0.2) is 4.68 Å². The van der Waals surface area contributed by atoms with Crippen LogP contribution in [0.25, 0.3) is 0 Å². The molecule has 124 valence electrons. The van der Waals surface area contributed by atoms with Crippen LogP contribution in [-0.2, 0) is 7.05 Å². The number of halogens is 3. The molecule has 0 fully saturated rings. The maximum atomic E-state index is 13.4. The number of aryl methyl sites for hydroxylation is 2. The highest BCUT2D eigenvalue weighted by atomic mass is 19.4. The molecule has 2 aromatic heterocycles. The van der Waals surface area contributed by atoms with Crippen molar-refractivity contribution in [3.05, 3.63) is 29.2 Å². The summed E-state index contributed by atoms with van der Waals surface area (Å²) in [7, 11) is 1.68. The van der Waals surface area contributed by atoms with Gasteiger partial charge in [-0.2, -0.15) is 23.4 Å². The Bertz CT molecular complexity index is 764. The van der Waals surface area contributed by atoms with Crippen LogP contribution in [0.4, 0.5) is 19.0 Å². The number of nitrogens with zero attached hydrogens (tertiary/aromatic N) is 4. The van der Waals surface area contributed by atoms with Crippen LogP contribution in [0.15, 0.2) is 12.3 Å². The van der Waals surface area contributed by atoms with Gasteiger partial charge in [-0.1, -0.05) is 0 Å². The van der Waals surface area contributed by atoms with E-state index in [9.17, 15) is 23.1 Å². The van der Waals surface area contributed by atoms with E-state index in [1.165, 1.54) is 4.68 Å². The van der Waals surface area contributed by atoms with E-state index in [0.717, 1.165) is 6.07 Å². The second kappa shape index (κ2) is 5.00. The summed E-state index contributed by atoms with van der Waals surface area (Å²) in [6.07, 6.45) is -3.22. The molecule has 0 radical (unpaired) electrons. The van der Waals surface area contributed by atoms with Crippen molar-refractivity contribution in [2.75, 3.05) is 5.32 Å². The minimum Gasteiger partial charge on any atom is -0.543 e. The Hall–Kier alpha value is -2.52. The number of carbonyl (C=O) groups excluding carboxylic acids is 1. The lowest BCUT2D eigenvalue weighted by molar-refractivity contribution is -0.255. The second-order valence-electron chi connectivity index (χ2n) is 5.48. The smallest absolute Gasteiger partial charge is 0.410 e. The summed E-state index contributed by atoms with van der Waals surface area (Å²) in [6, 6.07) is -1.52. The summed E-state index contributed by atoms with van der Waals surface area (Å²) in [4.78, 5) is 10.9. The van der Waals surface area contributed by atoms with Gasteiger partial charge in [0.15, 0.2) is 6.04 Å². The van der Waals surface area contributed by atoms with E-state index in [1.807, 2.05) is 0 Å². The number of fused-ring (bicyclic) bond motifs is 1. The quantitative estimate of drug-likeness (QED) is 0.887. The minimum absolute atomic E-state index is 0.00831. The summed E-state index contributed by atoms with van der Waals surface area (Å²) in [5.74, 6) is -1.63. The first kappa shape index (κ1) is 15.4. The van der Waals surface area contributed by atoms with Crippen molar-refractivity contribution >= 4 is 11.8 Å². The van der Waals surface area contributed by atoms with E-state index in [2.05, 4.69) is 15.5 Å². The second-order valence-corrected chi connectivity index (χ2v) is 5.48. The lowest BCUT2D eigenvalue weighted by atomic mass is 9.97. The third kappa shape index (κ3) is 2.64. The summed E-state index contributed by atoms with van der Waals surface area (Å²) < 4.78 is 42.2. The number of carbonyl (C=O) groups is 1. The van der Waals surface area contributed by atoms with Crippen LogP contribution in [0, 0.1) is 6.92 Å². The van der Waals surface area contributed by atoms with Gasteiger partial charge in [0.1, 0.15) is 11.5 Å². The summed E-state index contributed by atoms with van der Waals surface area (Å²) in [5, 5.41) is 21.4. The molecule has 0 saturated heterocycles. The maximum absolute atomic E-state index is 13.4. The molecule has 1 aliphatic rings.